The number of aliphatic carboxylic acids is 1. The van der Waals surface area contributed by atoms with Gasteiger partial charge in [-0.2, -0.15) is 0 Å². The Hall–Kier alpha value is -0.860. The number of Topliss-reactive ketones (excluding diaryl/α,β-unsaturated/α-hetero) is 1. The van der Waals surface area contributed by atoms with E-state index in [2.05, 4.69) is 0 Å². The van der Waals surface area contributed by atoms with Gasteiger partial charge in [-0.25, -0.2) is 0 Å². The second-order valence-corrected chi connectivity index (χ2v) is 5.14. The molecule has 0 aromatic rings. The Bertz CT molecular complexity index is 310. The highest BCUT2D eigenvalue weighted by Crippen LogP contribution is 2.54. The van der Waals surface area contributed by atoms with Gasteiger partial charge in [0, 0.05) is 11.8 Å². The van der Waals surface area contributed by atoms with Gasteiger partial charge in [0.2, 0.25) is 0 Å². The summed E-state index contributed by atoms with van der Waals surface area (Å²) in [7, 11) is 0. The minimum Gasteiger partial charge on any atom is -0.481 e. The van der Waals surface area contributed by atoms with Crippen molar-refractivity contribution in [3.05, 3.63) is 0 Å². The highest BCUT2D eigenvalue weighted by atomic mass is 16.4. The maximum atomic E-state index is 11.8. The zero-order chi connectivity index (χ0) is 9.87. The minimum absolute atomic E-state index is 0.135. The van der Waals surface area contributed by atoms with Crippen LogP contribution in [0, 0.1) is 29.6 Å². The number of carbonyl (C=O) groups excluding carboxylic acids is 1. The fourth-order valence-electron chi connectivity index (χ4n) is 4.01. The maximum Gasteiger partial charge on any atom is 0.307 e. The third kappa shape index (κ3) is 0.928. The molecule has 1 unspecified atom stereocenters. The summed E-state index contributed by atoms with van der Waals surface area (Å²) in [6.45, 7) is 0. The van der Waals surface area contributed by atoms with E-state index in [9.17, 15) is 9.59 Å². The van der Waals surface area contributed by atoms with Crippen LogP contribution in [0.4, 0.5) is 0 Å². The van der Waals surface area contributed by atoms with Gasteiger partial charge in [0.1, 0.15) is 5.78 Å². The molecule has 4 aliphatic rings. The molecular weight excluding hydrogens is 180 g/mol. The first-order valence-corrected chi connectivity index (χ1v) is 5.43. The maximum absolute atomic E-state index is 11.8. The van der Waals surface area contributed by atoms with Crippen molar-refractivity contribution in [2.24, 2.45) is 29.6 Å². The van der Waals surface area contributed by atoms with Gasteiger partial charge in [0.05, 0.1) is 5.92 Å². The van der Waals surface area contributed by atoms with Crippen molar-refractivity contribution < 1.29 is 14.7 Å². The standard InChI is InChI=1S/C11H14O3/c12-10-7-2-5-1-6(4-7)9(11(13)14)8(10)3-5/h5-9H,1-4H2,(H,13,14)/t5-,6+,7-,8+,9?/m0/s1. The van der Waals surface area contributed by atoms with Crippen molar-refractivity contribution in [3.8, 4) is 0 Å². The lowest BCUT2D eigenvalue weighted by Gasteiger charge is -2.51. The third-order valence-corrected chi connectivity index (χ3v) is 4.42. The summed E-state index contributed by atoms with van der Waals surface area (Å²) < 4.78 is 0. The molecule has 0 radical (unpaired) electrons. The minimum atomic E-state index is -0.743. The second kappa shape index (κ2) is 2.59. The molecular formula is C11H14O3. The Kier molecular flexibility index (Phi) is 1.56. The zero-order valence-electron chi connectivity index (χ0n) is 7.98. The average molecular weight is 194 g/mol. The number of hydrogen-bond donors (Lipinski definition) is 1. The highest BCUT2D eigenvalue weighted by Gasteiger charge is 2.55. The van der Waals surface area contributed by atoms with E-state index >= 15 is 0 Å². The molecule has 5 atom stereocenters. The first-order valence-electron chi connectivity index (χ1n) is 5.43. The van der Waals surface area contributed by atoms with Crippen LogP contribution in [0.25, 0.3) is 0 Å². The molecule has 1 N–H and O–H groups in total. The molecule has 0 aromatic heterocycles. The molecule has 3 heteroatoms. The number of carboxylic acids is 1. The molecule has 0 aliphatic heterocycles. The van der Waals surface area contributed by atoms with Crippen LogP contribution in [-0.2, 0) is 9.59 Å². The fraction of sp³-hybridized carbons (Fsp3) is 0.818. The molecule has 0 heterocycles. The topological polar surface area (TPSA) is 54.4 Å². The monoisotopic (exact) mass is 194 g/mol. The third-order valence-electron chi connectivity index (χ3n) is 4.42. The van der Waals surface area contributed by atoms with Crippen LogP contribution in [0.2, 0.25) is 0 Å². The predicted octanol–water partition coefficient (Wildman–Crippen LogP) is 1.32. The van der Waals surface area contributed by atoms with Gasteiger partial charge in [-0.1, -0.05) is 0 Å². The average Bonchev–Trinajstić information content (AvgIpc) is 2.12. The van der Waals surface area contributed by atoms with Crippen molar-refractivity contribution >= 4 is 11.8 Å². The molecule has 4 rings (SSSR count). The number of hydrogen-bond acceptors (Lipinski definition) is 2. The Morgan fingerprint density at radius 1 is 1.21 bits per heavy atom. The van der Waals surface area contributed by atoms with Crippen LogP contribution in [0.5, 0.6) is 0 Å². The van der Waals surface area contributed by atoms with Crippen LogP contribution in [0.3, 0.4) is 0 Å². The van der Waals surface area contributed by atoms with Crippen molar-refractivity contribution in [1.29, 1.82) is 0 Å². The molecule has 4 saturated carbocycles. The van der Waals surface area contributed by atoms with Crippen LogP contribution < -0.4 is 0 Å². The summed E-state index contributed by atoms with van der Waals surface area (Å²) in [5.41, 5.74) is 0. The smallest absolute Gasteiger partial charge is 0.307 e. The normalized spacial score (nSPS) is 49.7. The van der Waals surface area contributed by atoms with Crippen molar-refractivity contribution in [2.75, 3.05) is 0 Å². The van der Waals surface area contributed by atoms with Gasteiger partial charge < -0.3 is 5.11 Å². The summed E-state index contributed by atoms with van der Waals surface area (Å²) in [4.78, 5) is 22.9. The van der Waals surface area contributed by atoms with E-state index in [-0.39, 0.29) is 23.5 Å². The molecule has 4 bridgehead atoms. The summed E-state index contributed by atoms with van der Waals surface area (Å²) in [5.74, 6) is 0.189. The van der Waals surface area contributed by atoms with Crippen LogP contribution in [-0.4, -0.2) is 16.9 Å². The van der Waals surface area contributed by atoms with Crippen LogP contribution in [0.1, 0.15) is 25.7 Å². The van der Waals surface area contributed by atoms with E-state index in [0.29, 0.717) is 11.8 Å². The molecule has 14 heavy (non-hydrogen) atoms. The Morgan fingerprint density at radius 2 is 2.00 bits per heavy atom. The Morgan fingerprint density at radius 3 is 2.71 bits per heavy atom. The molecule has 4 fully saturated rings. The number of ketones is 1. The first kappa shape index (κ1) is 8.45. The molecule has 0 aromatic carbocycles. The summed E-state index contributed by atoms with van der Waals surface area (Å²) >= 11 is 0. The highest BCUT2D eigenvalue weighted by molar-refractivity contribution is 5.90. The van der Waals surface area contributed by atoms with Gasteiger partial charge in [-0.15, -0.1) is 0 Å². The summed E-state index contributed by atoms with van der Waals surface area (Å²) in [6, 6.07) is 0. The SMILES string of the molecule is O=C(O)C1[C@@H]2C[C@H]3C[C@@H](C2)C(=O)[C@@H]1C3. The predicted molar refractivity (Wildman–Crippen MR) is 48.6 cm³/mol. The van der Waals surface area contributed by atoms with Gasteiger partial charge in [-0.3, -0.25) is 9.59 Å². The van der Waals surface area contributed by atoms with Crippen LogP contribution in [0.15, 0.2) is 0 Å². The summed E-state index contributed by atoms with van der Waals surface area (Å²) in [6.07, 6.45) is 3.79. The first-order chi connectivity index (χ1) is 6.66. The van der Waals surface area contributed by atoms with E-state index in [1.807, 2.05) is 0 Å². The van der Waals surface area contributed by atoms with E-state index in [0.717, 1.165) is 25.7 Å². The van der Waals surface area contributed by atoms with Gasteiger partial charge in [0.15, 0.2) is 0 Å². The summed E-state index contributed by atoms with van der Waals surface area (Å²) in [5, 5.41) is 9.11. The van der Waals surface area contributed by atoms with E-state index < -0.39 is 5.97 Å². The Balaban J connectivity index is 1.97. The van der Waals surface area contributed by atoms with Gasteiger partial charge >= 0.3 is 5.97 Å². The van der Waals surface area contributed by atoms with E-state index in [1.54, 1.807) is 0 Å². The lowest BCUT2D eigenvalue weighted by molar-refractivity contribution is -0.164. The lowest BCUT2D eigenvalue weighted by atomic mass is 9.51. The molecule has 0 spiro atoms. The van der Waals surface area contributed by atoms with E-state index in [4.69, 9.17) is 5.11 Å². The van der Waals surface area contributed by atoms with Gasteiger partial charge in [-0.05, 0) is 37.5 Å². The fourth-order valence-corrected chi connectivity index (χ4v) is 4.01. The molecule has 3 nitrogen and oxygen atoms in total. The van der Waals surface area contributed by atoms with Crippen molar-refractivity contribution in [1.82, 2.24) is 0 Å². The molecule has 0 saturated heterocycles. The molecule has 76 valence electrons. The molecule has 4 aliphatic carbocycles. The second-order valence-electron chi connectivity index (χ2n) is 5.14. The van der Waals surface area contributed by atoms with Crippen molar-refractivity contribution in [3.63, 3.8) is 0 Å². The molecule has 0 amide bonds. The largest absolute Gasteiger partial charge is 0.481 e. The zero-order valence-corrected chi connectivity index (χ0v) is 7.98. The number of rotatable bonds is 1. The lowest BCUT2D eigenvalue weighted by Crippen LogP contribution is -2.53. The quantitative estimate of drug-likeness (QED) is 0.685. The van der Waals surface area contributed by atoms with Crippen molar-refractivity contribution in [2.45, 2.75) is 25.7 Å². The Labute approximate surface area is 82.5 Å². The number of carbonyl (C=O) groups is 2. The van der Waals surface area contributed by atoms with Gasteiger partial charge in [0.25, 0.3) is 0 Å². The number of carboxylic acid groups (broad SMARTS) is 1. The van der Waals surface area contributed by atoms with E-state index in [1.165, 1.54) is 0 Å². The van der Waals surface area contributed by atoms with Crippen LogP contribution >= 0.6 is 0 Å².